The molecule has 1 unspecified atom stereocenters. The number of carbonyl (C=O) groups is 1. The van der Waals surface area contributed by atoms with Crippen LogP contribution >= 0.6 is 15.9 Å². The van der Waals surface area contributed by atoms with Crippen molar-refractivity contribution in [3.8, 4) is 0 Å². The number of Topliss-reactive ketones (excluding diaryl/α,β-unsaturated/α-hetero) is 1. The second-order valence-electron chi connectivity index (χ2n) is 4.62. The molecule has 1 fully saturated rings. The number of hydrogen-bond donors (Lipinski definition) is 0. The Morgan fingerprint density at radius 1 is 1.44 bits per heavy atom. The molecule has 1 heterocycles. The predicted molar refractivity (Wildman–Crippen MR) is 71.0 cm³/mol. The third kappa shape index (κ3) is 3.62. The summed E-state index contributed by atoms with van der Waals surface area (Å²) in [5.74, 6) is -0.220. The second-order valence-corrected chi connectivity index (χ2v) is 5.41. The highest BCUT2D eigenvalue weighted by molar-refractivity contribution is 9.10. The highest BCUT2D eigenvalue weighted by atomic mass is 79.9. The fourth-order valence-electron chi connectivity index (χ4n) is 2.19. The highest BCUT2D eigenvalue weighted by Gasteiger charge is 2.18. The van der Waals surface area contributed by atoms with Crippen molar-refractivity contribution in [1.29, 1.82) is 0 Å². The van der Waals surface area contributed by atoms with Crippen LogP contribution in [0, 0.1) is 5.82 Å². The van der Waals surface area contributed by atoms with Crippen LogP contribution in [0.4, 0.5) is 4.39 Å². The summed E-state index contributed by atoms with van der Waals surface area (Å²) in [6.07, 6.45) is 3.91. The van der Waals surface area contributed by atoms with Gasteiger partial charge in [-0.05, 0) is 46.8 Å². The van der Waals surface area contributed by atoms with Gasteiger partial charge >= 0.3 is 0 Å². The van der Waals surface area contributed by atoms with E-state index in [0.29, 0.717) is 16.5 Å². The minimum Gasteiger partial charge on any atom is -0.378 e. The van der Waals surface area contributed by atoms with Gasteiger partial charge < -0.3 is 4.74 Å². The molecule has 0 radical (unpaired) electrons. The third-order valence-electron chi connectivity index (χ3n) is 3.15. The van der Waals surface area contributed by atoms with Gasteiger partial charge in [0.15, 0.2) is 0 Å². The van der Waals surface area contributed by atoms with Gasteiger partial charge in [-0.3, -0.25) is 4.79 Å². The van der Waals surface area contributed by atoms with Crippen LogP contribution in [0.3, 0.4) is 0 Å². The molecule has 0 aliphatic carbocycles. The van der Waals surface area contributed by atoms with E-state index in [-0.39, 0.29) is 24.1 Å². The van der Waals surface area contributed by atoms with Crippen LogP contribution < -0.4 is 0 Å². The maximum absolute atomic E-state index is 13.3. The van der Waals surface area contributed by atoms with Gasteiger partial charge in [-0.2, -0.15) is 0 Å². The van der Waals surface area contributed by atoms with E-state index in [1.54, 1.807) is 12.1 Å². The number of hydrogen-bond acceptors (Lipinski definition) is 2. The lowest BCUT2D eigenvalue weighted by molar-refractivity contribution is -0.122. The van der Waals surface area contributed by atoms with Crippen molar-refractivity contribution >= 4 is 21.7 Å². The normalized spacial score (nSPS) is 19.8. The summed E-state index contributed by atoms with van der Waals surface area (Å²) in [5, 5.41) is 0. The molecule has 0 amide bonds. The Kier molecular flexibility index (Phi) is 4.89. The summed E-state index contributed by atoms with van der Waals surface area (Å²) in [4.78, 5) is 11.9. The molecule has 0 N–H and O–H groups in total. The van der Waals surface area contributed by atoms with Gasteiger partial charge in [0.2, 0.25) is 0 Å². The molecule has 0 spiro atoms. The van der Waals surface area contributed by atoms with Crippen LogP contribution in [0.2, 0.25) is 0 Å². The van der Waals surface area contributed by atoms with E-state index in [1.165, 1.54) is 6.07 Å². The van der Waals surface area contributed by atoms with Gasteiger partial charge in [-0.1, -0.05) is 12.1 Å². The van der Waals surface area contributed by atoms with Gasteiger partial charge in [0.25, 0.3) is 0 Å². The van der Waals surface area contributed by atoms with Crippen molar-refractivity contribution in [2.24, 2.45) is 0 Å². The van der Waals surface area contributed by atoms with E-state index in [0.717, 1.165) is 25.9 Å². The van der Waals surface area contributed by atoms with Gasteiger partial charge in [-0.15, -0.1) is 0 Å². The first-order valence-electron chi connectivity index (χ1n) is 6.23. The zero-order valence-corrected chi connectivity index (χ0v) is 11.7. The van der Waals surface area contributed by atoms with Crippen molar-refractivity contribution in [3.63, 3.8) is 0 Å². The predicted octanol–water partition coefficient (Wildman–Crippen LogP) is 3.66. The van der Waals surface area contributed by atoms with Gasteiger partial charge in [0, 0.05) is 19.4 Å². The largest absolute Gasteiger partial charge is 0.378 e. The van der Waals surface area contributed by atoms with E-state index in [1.807, 2.05) is 0 Å². The maximum Gasteiger partial charge on any atom is 0.139 e. The fraction of sp³-hybridized carbons (Fsp3) is 0.500. The quantitative estimate of drug-likeness (QED) is 0.847. The summed E-state index contributed by atoms with van der Waals surface area (Å²) in [5.41, 5.74) is 0.704. The van der Waals surface area contributed by atoms with Crippen molar-refractivity contribution in [2.45, 2.75) is 38.2 Å². The van der Waals surface area contributed by atoms with E-state index in [2.05, 4.69) is 15.9 Å². The molecule has 0 bridgehead atoms. The third-order valence-corrected chi connectivity index (χ3v) is 4.04. The smallest absolute Gasteiger partial charge is 0.139 e. The zero-order chi connectivity index (χ0) is 13.0. The molecular formula is C14H16BrFO2. The standard InChI is InChI=1S/C14H16BrFO2/c15-14-10(4-3-6-13(14)16)8-11(17)9-12-5-1-2-7-18-12/h3-4,6,12H,1-2,5,7-9H2. The molecule has 1 aliphatic rings. The van der Waals surface area contributed by atoms with Gasteiger partial charge in [0.1, 0.15) is 11.6 Å². The molecular weight excluding hydrogens is 299 g/mol. The molecule has 0 aromatic heterocycles. The molecule has 1 atom stereocenters. The molecule has 1 aromatic rings. The number of ketones is 1. The summed E-state index contributed by atoms with van der Waals surface area (Å²) < 4.78 is 19.2. The molecule has 98 valence electrons. The topological polar surface area (TPSA) is 26.3 Å². The van der Waals surface area contributed by atoms with Crippen molar-refractivity contribution < 1.29 is 13.9 Å². The first kappa shape index (κ1) is 13.7. The second kappa shape index (κ2) is 6.43. The molecule has 18 heavy (non-hydrogen) atoms. The first-order valence-corrected chi connectivity index (χ1v) is 7.02. The van der Waals surface area contributed by atoms with Crippen LogP contribution in [0.25, 0.3) is 0 Å². The van der Waals surface area contributed by atoms with E-state index in [4.69, 9.17) is 4.74 Å². The Morgan fingerprint density at radius 3 is 3.00 bits per heavy atom. The Morgan fingerprint density at radius 2 is 2.28 bits per heavy atom. The number of ether oxygens (including phenoxy) is 1. The Hall–Kier alpha value is -0.740. The zero-order valence-electron chi connectivity index (χ0n) is 10.1. The molecule has 0 saturated carbocycles. The molecule has 2 nitrogen and oxygen atoms in total. The minimum atomic E-state index is -0.325. The fourth-order valence-corrected chi connectivity index (χ4v) is 2.60. The highest BCUT2D eigenvalue weighted by Crippen LogP contribution is 2.22. The van der Waals surface area contributed by atoms with E-state index in [9.17, 15) is 9.18 Å². The SMILES string of the molecule is O=C(Cc1cccc(F)c1Br)CC1CCCCO1. The molecule has 4 heteroatoms. The van der Waals surface area contributed by atoms with Crippen molar-refractivity contribution in [1.82, 2.24) is 0 Å². The van der Waals surface area contributed by atoms with Crippen LogP contribution in [-0.2, 0) is 16.0 Å². The van der Waals surface area contributed by atoms with E-state index >= 15 is 0 Å². The molecule has 2 rings (SSSR count). The van der Waals surface area contributed by atoms with Crippen LogP contribution in [0.5, 0.6) is 0 Å². The average molecular weight is 315 g/mol. The van der Waals surface area contributed by atoms with Crippen LogP contribution in [-0.4, -0.2) is 18.5 Å². The monoisotopic (exact) mass is 314 g/mol. The lowest BCUT2D eigenvalue weighted by Gasteiger charge is -2.21. The molecule has 1 aromatic carbocycles. The molecule has 1 aliphatic heterocycles. The van der Waals surface area contributed by atoms with Crippen LogP contribution in [0.1, 0.15) is 31.2 Å². The summed E-state index contributed by atoms with van der Waals surface area (Å²) in [6.45, 7) is 0.752. The lowest BCUT2D eigenvalue weighted by atomic mass is 10.00. The van der Waals surface area contributed by atoms with E-state index < -0.39 is 0 Å². The Labute approximate surface area is 115 Å². The van der Waals surface area contributed by atoms with Gasteiger partial charge in [0.05, 0.1) is 10.6 Å². The van der Waals surface area contributed by atoms with Gasteiger partial charge in [-0.25, -0.2) is 4.39 Å². The Bertz CT molecular complexity index is 428. The minimum absolute atomic E-state index is 0.0542. The summed E-state index contributed by atoms with van der Waals surface area (Å²) >= 11 is 3.18. The number of benzene rings is 1. The number of halogens is 2. The van der Waals surface area contributed by atoms with Crippen molar-refractivity contribution in [2.75, 3.05) is 6.61 Å². The number of carbonyl (C=O) groups excluding carboxylic acids is 1. The average Bonchev–Trinajstić information content (AvgIpc) is 2.36. The van der Waals surface area contributed by atoms with Crippen LogP contribution in [0.15, 0.2) is 22.7 Å². The number of rotatable bonds is 4. The Balaban J connectivity index is 1.92. The molecule has 1 saturated heterocycles. The lowest BCUT2D eigenvalue weighted by Crippen LogP contribution is -2.23. The first-order chi connectivity index (χ1) is 8.66. The summed E-state index contributed by atoms with van der Waals surface area (Å²) in [6, 6.07) is 4.77. The maximum atomic E-state index is 13.3. The van der Waals surface area contributed by atoms with Crippen molar-refractivity contribution in [3.05, 3.63) is 34.1 Å². The summed E-state index contributed by atoms with van der Waals surface area (Å²) in [7, 11) is 0.